The zero-order valence-electron chi connectivity index (χ0n) is 28.1. The van der Waals surface area contributed by atoms with Gasteiger partial charge in [-0.2, -0.15) is 0 Å². The lowest BCUT2D eigenvalue weighted by Gasteiger charge is -2.66. The normalized spacial score (nSPS) is 55.3. The van der Waals surface area contributed by atoms with Gasteiger partial charge >= 0.3 is 5.97 Å². The van der Waals surface area contributed by atoms with Crippen molar-refractivity contribution in [2.45, 2.75) is 158 Å². The smallest absolute Gasteiger partial charge is 0.331 e. The lowest BCUT2D eigenvalue weighted by atomic mass is 9.42. The number of ether oxygens (including phenoxy) is 5. The molecule has 7 N–H and O–H groups in total. The molecule has 7 rings (SSSR count). The minimum atomic E-state index is -1.60. The molecule has 4 saturated carbocycles. The fourth-order valence-corrected chi connectivity index (χ4v) is 11.3. The summed E-state index contributed by atoms with van der Waals surface area (Å²) in [5.74, 6) is 0.0253. The summed E-state index contributed by atoms with van der Waals surface area (Å²) in [4.78, 5) is 11.9. The molecule has 6 fully saturated rings. The third-order valence-electron chi connectivity index (χ3n) is 14.2. The van der Waals surface area contributed by atoms with Crippen molar-refractivity contribution < 1.29 is 64.2 Å². The van der Waals surface area contributed by atoms with Gasteiger partial charge in [0, 0.05) is 24.3 Å². The average Bonchev–Trinajstić information content (AvgIpc) is 3.58. The second kappa shape index (κ2) is 12.5. The van der Waals surface area contributed by atoms with Crippen LogP contribution in [0.3, 0.4) is 0 Å². The molecule has 17 atom stereocenters. The van der Waals surface area contributed by atoms with E-state index in [9.17, 15) is 40.5 Å². The third-order valence-corrected chi connectivity index (χ3v) is 14.2. The third kappa shape index (κ3) is 5.34. The van der Waals surface area contributed by atoms with Gasteiger partial charge in [-0.15, -0.1) is 0 Å². The molecule has 48 heavy (non-hydrogen) atoms. The van der Waals surface area contributed by atoms with E-state index in [2.05, 4.69) is 13.8 Å². The molecule has 13 nitrogen and oxygen atoms in total. The molecule has 0 radical (unpaired) electrons. The van der Waals surface area contributed by atoms with Gasteiger partial charge in [0.25, 0.3) is 0 Å². The Morgan fingerprint density at radius 3 is 2.29 bits per heavy atom. The number of cyclic esters (lactones) is 1. The van der Waals surface area contributed by atoms with Crippen LogP contribution in [0.1, 0.15) is 85.0 Å². The topological polar surface area (TPSA) is 205 Å². The zero-order chi connectivity index (χ0) is 34.4. The van der Waals surface area contributed by atoms with Crippen LogP contribution in [0, 0.1) is 28.6 Å². The van der Waals surface area contributed by atoms with Crippen LogP contribution in [0.15, 0.2) is 11.6 Å². The average molecular weight is 683 g/mol. The molecule has 0 amide bonds. The summed E-state index contributed by atoms with van der Waals surface area (Å²) in [6.45, 7) is 5.80. The first-order chi connectivity index (χ1) is 22.6. The molecule has 0 aromatic carbocycles. The Balaban J connectivity index is 0.982. The van der Waals surface area contributed by atoms with Crippen LogP contribution in [0.5, 0.6) is 0 Å². The van der Waals surface area contributed by atoms with E-state index in [1.54, 1.807) is 13.0 Å². The number of hydrogen-bond acceptors (Lipinski definition) is 13. The van der Waals surface area contributed by atoms with E-state index in [4.69, 9.17) is 23.7 Å². The van der Waals surface area contributed by atoms with Gasteiger partial charge in [-0.05, 0) is 87.0 Å². The van der Waals surface area contributed by atoms with E-state index >= 15 is 0 Å². The zero-order valence-corrected chi connectivity index (χ0v) is 28.1. The van der Waals surface area contributed by atoms with E-state index in [-0.39, 0.29) is 41.7 Å². The predicted octanol–water partition coefficient (Wildman–Crippen LogP) is 0.424. The van der Waals surface area contributed by atoms with Crippen LogP contribution in [-0.2, 0) is 28.5 Å². The van der Waals surface area contributed by atoms with Gasteiger partial charge in [0.05, 0.1) is 36.1 Å². The summed E-state index contributed by atoms with van der Waals surface area (Å²) in [6.07, 6.45) is -2.93. The number of aliphatic hydroxyl groups excluding tert-OH is 5. The van der Waals surface area contributed by atoms with Crippen molar-refractivity contribution in [2.24, 2.45) is 28.6 Å². The van der Waals surface area contributed by atoms with Gasteiger partial charge in [-0.1, -0.05) is 13.8 Å². The Kier molecular flexibility index (Phi) is 9.14. The maximum absolute atomic E-state index is 12.5. The summed E-state index contributed by atoms with van der Waals surface area (Å²) in [7, 11) is 0. The van der Waals surface area contributed by atoms with Crippen molar-refractivity contribution in [1.82, 2.24) is 0 Å². The summed E-state index contributed by atoms with van der Waals surface area (Å²) in [5, 5.41) is 76.0. The van der Waals surface area contributed by atoms with E-state index in [1.807, 2.05) is 0 Å². The lowest BCUT2D eigenvalue weighted by molar-refractivity contribution is -0.345. The lowest BCUT2D eigenvalue weighted by Crippen LogP contribution is -2.67. The molecule has 3 aliphatic heterocycles. The molecule has 7 aliphatic rings. The Bertz CT molecular complexity index is 1250. The van der Waals surface area contributed by atoms with Crippen LogP contribution in [-0.4, -0.2) is 128 Å². The second-order valence-electron chi connectivity index (χ2n) is 16.4. The molecule has 0 aromatic heterocycles. The van der Waals surface area contributed by atoms with Crippen LogP contribution in [0.2, 0.25) is 0 Å². The van der Waals surface area contributed by atoms with Crippen molar-refractivity contribution in [3.05, 3.63) is 11.6 Å². The first-order valence-electron chi connectivity index (χ1n) is 17.9. The SMILES string of the molecule is C[C@H]1O[C@@H](O[C@H]2CC[C@]3(C)C4CC[C@]5(C)[C@@H](C6=CC(=O)OC6)CC[C@]5(O)C4CC[C@]3(O)C2)C[C@H](O)[C@@H]1O[C@@H]1O[C@H](CO)[C@@H](O)[C@H](O)[C@H]1O. The Morgan fingerprint density at radius 1 is 0.875 bits per heavy atom. The molecule has 272 valence electrons. The fraction of sp³-hybridized carbons (Fsp3) is 0.914. The molecule has 13 heteroatoms. The van der Waals surface area contributed by atoms with E-state index in [0.29, 0.717) is 38.7 Å². The number of hydrogen-bond donors (Lipinski definition) is 7. The number of aliphatic hydroxyl groups is 7. The van der Waals surface area contributed by atoms with Crippen LogP contribution < -0.4 is 0 Å². The van der Waals surface area contributed by atoms with Gasteiger partial charge in [0.15, 0.2) is 12.6 Å². The van der Waals surface area contributed by atoms with Crippen molar-refractivity contribution >= 4 is 5.97 Å². The second-order valence-corrected chi connectivity index (χ2v) is 16.4. The molecule has 0 aromatic rings. The summed E-state index contributed by atoms with van der Waals surface area (Å²) >= 11 is 0. The molecular formula is C35H54O13. The first kappa shape index (κ1) is 35.2. The van der Waals surface area contributed by atoms with E-state index < -0.39 is 78.5 Å². The molecule has 2 unspecified atom stereocenters. The Morgan fingerprint density at radius 2 is 1.60 bits per heavy atom. The highest BCUT2D eigenvalue weighted by Crippen LogP contribution is 2.70. The molecular weight excluding hydrogens is 628 g/mol. The number of carbonyl (C=O) groups excluding carboxylic acids is 1. The monoisotopic (exact) mass is 682 g/mol. The largest absolute Gasteiger partial charge is 0.458 e. The highest BCUT2D eigenvalue weighted by molar-refractivity contribution is 5.85. The van der Waals surface area contributed by atoms with Crippen LogP contribution in [0.25, 0.3) is 0 Å². The standard InChI is InChI=1S/C35H54O13/c1-17-30(48-31-29(41)28(40)27(39)24(15-36)47-31)23(37)13-26(45-17)46-19-4-8-32(2)21-5-9-33(3)20(18-12-25(38)44-16-18)7-11-35(33,43)22(21)6-10-34(32,42)14-19/h12,17,19-24,26-31,36-37,39-43H,4-11,13-16H2,1-3H3/t17-,19+,20-,21?,22?,23+,24-,26+,27-,28+,29-,30-,31+,32-,33-,34+,35+/m1/s1. The molecule has 0 bridgehead atoms. The summed E-state index contributed by atoms with van der Waals surface area (Å²) in [6, 6.07) is 0. The summed E-state index contributed by atoms with van der Waals surface area (Å²) in [5.41, 5.74) is -1.60. The maximum atomic E-state index is 12.5. The number of esters is 1. The maximum Gasteiger partial charge on any atom is 0.331 e. The van der Waals surface area contributed by atoms with Crippen LogP contribution >= 0.6 is 0 Å². The number of rotatable bonds is 6. The van der Waals surface area contributed by atoms with Crippen molar-refractivity contribution in [3.8, 4) is 0 Å². The van der Waals surface area contributed by atoms with Crippen molar-refractivity contribution in [2.75, 3.05) is 13.2 Å². The molecule has 3 heterocycles. The van der Waals surface area contributed by atoms with E-state index in [0.717, 1.165) is 31.3 Å². The van der Waals surface area contributed by atoms with Gasteiger partial charge < -0.3 is 59.4 Å². The minimum absolute atomic E-state index is 0.0564. The molecule has 0 spiro atoms. The van der Waals surface area contributed by atoms with Crippen LogP contribution in [0.4, 0.5) is 0 Å². The summed E-state index contributed by atoms with van der Waals surface area (Å²) < 4.78 is 29.0. The highest BCUT2D eigenvalue weighted by atomic mass is 16.7. The van der Waals surface area contributed by atoms with Crippen molar-refractivity contribution in [3.63, 3.8) is 0 Å². The fourth-order valence-electron chi connectivity index (χ4n) is 11.3. The quantitative estimate of drug-likeness (QED) is 0.150. The number of carbonyl (C=O) groups is 1. The van der Waals surface area contributed by atoms with Gasteiger partial charge in [-0.25, -0.2) is 4.79 Å². The van der Waals surface area contributed by atoms with Gasteiger partial charge in [0.1, 0.15) is 37.1 Å². The Labute approximate surface area is 281 Å². The van der Waals surface area contributed by atoms with Crippen molar-refractivity contribution in [1.29, 1.82) is 0 Å². The predicted molar refractivity (Wildman–Crippen MR) is 166 cm³/mol. The highest BCUT2D eigenvalue weighted by Gasteiger charge is 2.70. The van der Waals surface area contributed by atoms with E-state index in [1.165, 1.54) is 0 Å². The van der Waals surface area contributed by atoms with Gasteiger partial charge in [-0.3, -0.25) is 0 Å². The van der Waals surface area contributed by atoms with Gasteiger partial charge in [0.2, 0.25) is 0 Å². The minimum Gasteiger partial charge on any atom is -0.458 e. The molecule has 2 saturated heterocycles. The Hall–Kier alpha value is -1.23. The number of fused-ring (bicyclic) bond motifs is 5. The molecule has 4 aliphatic carbocycles. The first-order valence-corrected chi connectivity index (χ1v) is 17.9.